The van der Waals surface area contributed by atoms with E-state index in [1.54, 1.807) is 12.1 Å². The first-order chi connectivity index (χ1) is 10.8. The molecule has 1 aromatic carbocycles. The monoisotopic (exact) mass is 337 g/mol. The molecule has 1 heterocycles. The van der Waals surface area contributed by atoms with Gasteiger partial charge in [0, 0.05) is 12.1 Å². The molecule has 2 aromatic rings. The Hall–Kier alpha value is -2.21. The number of rotatable bonds is 3. The molecule has 0 N–H and O–H groups in total. The quantitative estimate of drug-likeness (QED) is 0.847. The van der Waals surface area contributed by atoms with Crippen LogP contribution >= 0.6 is 11.6 Å². The fourth-order valence-corrected chi connectivity index (χ4v) is 2.05. The Morgan fingerprint density at radius 1 is 1.35 bits per heavy atom. The number of benzene rings is 1. The van der Waals surface area contributed by atoms with Crippen LogP contribution in [0.4, 0.5) is 9.18 Å². The van der Waals surface area contributed by atoms with Crippen molar-refractivity contribution < 1.29 is 13.9 Å². The third-order valence-electron chi connectivity index (χ3n) is 3.03. The van der Waals surface area contributed by atoms with Crippen LogP contribution in [0.5, 0.6) is 5.88 Å². The van der Waals surface area contributed by atoms with Crippen LogP contribution in [-0.4, -0.2) is 26.5 Å². The minimum atomic E-state index is -0.613. The predicted molar refractivity (Wildman–Crippen MR) is 84.8 cm³/mol. The highest BCUT2D eigenvalue weighted by Gasteiger charge is 2.28. The Morgan fingerprint density at radius 2 is 2.09 bits per heavy atom. The first-order valence-corrected chi connectivity index (χ1v) is 7.35. The fraction of sp³-hybridized carbons (Fsp3) is 0.312. The molecule has 0 unspecified atom stereocenters. The summed E-state index contributed by atoms with van der Waals surface area (Å²) in [5, 5.41) is 0.128. The number of carbonyl (C=O) groups excluding carboxylic acids is 1. The largest absolute Gasteiger partial charge is 0.417 e. The molecule has 7 heteroatoms. The summed E-state index contributed by atoms with van der Waals surface area (Å²) in [5.74, 6) is -0.346. The van der Waals surface area contributed by atoms with Gasteiger partial charge >= 0.3 is 6.09 Å². The van der Waals surface area contributed by atoms with Crippen LogP contribution in [0.2, 0.25) is 5.15 Å². The first-order valence-electron chi connectivity index (χ1n) is 6.97. The lowest BCUT2D eigenvalue weighted by molar-refractivity contribution is 0.100. The summed E-state index contributed by atoms with van der Waals surface area (Å²) >= 11 is 5.72. The third kappa shape index (κ3) is 4.89. The van der Waals surface area contributed by atoms with Crippen molar-refractivity contribution >= 4 is 17.7 Å². The van der Waals surface area contributed by atoms with Gasteiger partial charge in [-0.15, -0.1) is 0 Å². The summed E-state index contributed by atoms with van der Waals surface area (Å²) in [5.41, 5.74) is 0.129. The molecule has 0 spiro atoms. The van der Waals surface area contributed by atoms with Gasteiger partial charge in [-0.3, -0.25) is 9.88 Å². The number of hydrogen-bond donors (Lipinski definition) is 0. The highest BCUT2D eigenvalue weighted by atomic mass is 35.5. The van der Waals surface area contributed by atoms with Crippen molar-refractivity contribution in [3.63, 3.8) is 0 Å². The number of aromatic nitrogens is 2. The fourth-order valence-electron chi connectivity index (χ4n) is 1.91. The van der Waals surface area contributed by atoms with Crippen molar-refractivity contribution in [1.82, 2.24) is 14.9 Å². The topological polar surface area (TPSA) is 55.3 Å². The number of ether oxygens (including phenoxy) is 1. The van der Waals surface area contributed by atoms with Crippen molar-refractivity contribution in [3.8, 4) is 5.88 Å². The van der Waals surface area contributed by atoms with Gasteiger partial charge in [-0.05, 0) is 38.5 Å². The van der Waals surface area contributed by atoms with Crippen LogP contribution in [-0.2, 0) is 6.54 Å². The number of hydrogen-bond acceptors (Lipinski definition) is 4. The summed E-state index contributed by atoms with van der Waals surface area (Å²) in [7, 11) is 0. The molecule has 23 heavy (non-hydrogen) atoms. The summed E-state index contributed by atoms with van der Waals surface area (Å²) < 4.78 is 18.6. The molecule has 0 fully saturated rings. The summed E-state index contributed by atoms with van der Waals surface area (Å²) in [4.78, 5) is 21.6. The number of carbonyl (C=O) groups is 1. The second-order valence-electron chi connectivity index (χ2n) is 5.93. The van der Waals surface area contributed by atoms with Crippen LogP contribution in [0.3, 0.4) is 0 Å². The molecule has 0 aliphatic carbocycles. The zero-order valence-electron chi connectivity index (χ0n) is 13.1. The standard InChI is InChI=1S/C16H17ClFN3O2/c1-16(2,3)21(10-11-5-4-6-12(18)7-11)15(22)23-14-9-19-8-13(17)20-14/h4-9H,10H2,1-3H3. The van der Waals surface area contributed by atoms with Crippen LogP contribution in [0.1, 0.15) is 26.3 Å². The molecule has 1 aromatic heterocycles. The van der Waals surface area contributed by atoms with Gasteiger partial charge in [0.2, 0.25) is 5.88 Å². The van der Waals surface area contributed by atoms with Gasteiger partial charge in [-0.25, -0.2) is 9.18 Å². The minimum absolute atomic E-state index is 0.0102. The van der Waals surface area contributed by atoms with E-state index in [0.29, 0.717) is 5.56 Å². The second-order valence-corrected chi connectivity index (χ2v) is 6.32. The Balaban J connectivity index is 2.19. The lowest BCUT2D eigenvalue weighted by atomic mass is 10.1. The van der Waals surface area contributed by atoms with E-state index < -0.39 is 11.6 Å². The van der Waals surface area contributed by atoms with Gasteiger partial charge in [-0.1, -0.05) is 23.7 Å². The van der Waals surface area contributed by atoms with Gasteiger partial charge in [0.15, 0.2) is 5.15 Å². The van der Waals surface area contributed by atoms with Crippen LogP contribution < -0.4 is 4.74 Å². The van der Waals surface area contributed by atoms with Gasteiger partial charge in [-0.2, -0.15) is 4.98 Å². The summed E-state index contributed by atoms with van der Waals surface area (Å²) in [6.07, 6.45) is 2.03. The zero-order valence-corrected chi connectivity index (χ0v) is 13.8. The molecule has 0 bridgehead atoms. The molecule has 0 radical (unpaired) electrons. The SMILES string of the molecule is CC(C)(C)N(Cc1cccc(F)c1)C(=O)Oc1cncc(Cl)n1. The average Bonchev–Trinajstić information content (AvgIpc) is 2.43. The van der Waals surface area contributed by atoms with E-state index in [1.807, 2.05) is 20.8 Å². The molecule has 2 rings (SSSR count). The smallest absolute Gasteiger partial charge is 0.389 e. The summed E-state index contributed by atoms with van der Waals surface area (Å²) in [6.45, 7) is 5.78. The molecule has 0 saturated heterocycles. The van der Waals surface area contributed by atoms with E-state index in [1.165, 1.54) is 29.4 Å². The number of nitrogens with zero attached hydrogens (tertiary/aromatic N) is 3. The van der Waals surface area contributed by atoms with E-state index in [4.69, 9.17) is 16.3 Å². The van der Waals surface area contributed by atoms with Crippen LogP contribution in [0.25, 0.3) is 0 Å². The van der Waals surface area contributed by atoms with E-state index in [9.17, 15) is 9.18 Å². The normalized spacial score (nSPS) is 11.2. The van der Waals surface area contributed by atoms with E-state index in [-0.39, 0.29) is 23.4 Å². The molecular weight excluding hydrogens is 321 g/mol. The second kappa shape index (κ2) is 6.91. The van der Waals surface area contributed by atoms with Gasteiger partial charge < -0.3 is 4.74 Å². The van der Waals surface area contributed by atoms with E-state index >= 15 is 0 Å². The van der Waals surface area contributed by atoms with Crippen molar-refractivity contribution in [2.45, 2.75) is 32.9 Å². The van der Waals surface area contributed by atoms with Crippen LogP contribution in [0, 0.1) is 5.82 Å². The zero-order chi connectivity index (χ0) is 17.0. The van der Waals surface area contributed by atoms with Gasteiger partial charge in [0.1, 0.15) is 5.82 Å². The van der Waals surface area contributed by atoms with Crippen molar-refractivity contribution in [1.29, 1.82) is 0 Å². The van der Waals surface area contributed by atoms with E-state index in [0.717, 1.165) is 0 Å². The Kier molecular flexibility index (Phi) is 5.15. The van der Waals surface area contributed by atoms with Gasteiger partial charge in [0.25, 0.3) is 0 Å². The molecule has 0 saturated carbocycles. The lowest BCUT2D eigenvalue weighted by Gasteiger charge is -2.34. The highest BCUT2D eigenvalue weighted by Crippen LogP contribution is 2.20. The number of amides is 1. The summed E-state index contributed by atoms with van der Waals surface area (Å²) in [6, 6.07) is 6.07. The highest BCUT2D eigenvalue weighted by molar-refractivity contribution is 6.29. The first kappa shape index (κ1) is 17.1. The van der Waals surface area contributed by atoms with Crippen LogP contribution in [0.15, 0.2) is 36.7 Å². The maximum absolute atomic E-state index is 13.3. The maximum atomic E-state index is 13.3. The lowest BCUT2D eigenvalue weighted by Crippen LogP contribution is -2.46. The molecule has 0 atom stereocenters. The Labute approximate surface area is 139 Å². The average molecular weight is 338 g/mol. The number of halogens is 2. The van der Waals surface area contributed by atoms with Gasteiger partial charge in [0.05, 0.1) is 12.4 Å². The predicted octanol–water partition coefficient (Wildman–Crippen LogP) is 4.07. The van der Waals surface area contributed by atoms with Crippen molar-refractivity contribution in [3.05, 3.63) is 53.2 Å². The molecule has 5 nitrogen and oxygen atoms in total. The van der Waals surface area contributed by atoms with E-state index in [2.05, 4.69) is 9.97 Å². The molecular formula is C16H17ClFN3O2. The molecule has 0 aliphatic heterocycles. The maximum Gasteiger partial charge on any atom is 0.417 e. The Morgan fingerprint density at radius 3 is 2.70 bits per heavy atom. The Bertz CT molecular complexity index is 704. The third-order valence-corrected chi connectivity index (χ3v) is 3.22. The minimum Gasteiger partial charge on any atom is -0.389 e. The molecule has 122 valence electrons. The van der Waals surface area contributed by atoms with Crippen molar-refractivity contribution in [2.24, 2.45) is 0 Å². The molecule has 0 aliphatic rings. The molecule has 1 amide bonds. The van der Waals surface area contributed by atoms with Crippen molar-refractivity contribution in [2.75, 3.05) is 0 Å².